The van der Waals surface area contributed by atoms with Crippen LogP contribution in [0.3, 0.4) is 0 Å². The Morgan fingerprint density at radius 2 is 1.96 bits per heavy atom. The summed E-state index contributed by atoms with van der Waals surface area (Å²) in [5.41, 5.74) is 3.03. The Labute approximate surface area is 149 Å². The molecule has 0 radical (unpaired) electrons. The Balaban J connectivity index is 1.46. The normalized spacial score (nSPS) is 14.5. The number of nitrogens with zero attached hydrogens (tertiary/aromatic N) is 4. The number of aromatic amines is 1. The minimum Gasteiger partial charge on any atom is -0.366 e. The molecule has 0 spiro atoms. The van der Waals surface area contributed by atoms with E-state index in [1.165, 1.54) is 6.07 Å². The summed E-state index contributed by atoms with van der Waals surface area (Å²) in [6.07, 6.45) is 1.60. The highest BCUT2D eigenvalue weighted by Crippen LogP contribution is 2.22. The number of fused-ring (bicyclic) bond motifs is 1. The average molecular weight is 349 g/mol. The lowest BCUT2D eigenvalue weighted by Gasteiger charge is -2.36. The van der Waals surface area contributed by atoms with E-state index in [2.05, 4.69) is 9.97 Å². The van der Waals surface area contributed by atoms with Gasteiger partial charge in [-0.3, -0.25) is 4.79 Å². The number of amides is 1. The fourth-order valence-corrected chi connectivity index (χ4v) is 3.23. The van der Waals surface area contributed by atoms with E-state index in [0.29, 0.717) is 43.0 Å². The van der Waals surface area contributed by atoms with Gasteiger partial charge in [0.05, 0.1) is 34.7 Å². The van der Waals surface area contributed by atoms with Gasteiger partial charge in [0.25, 0.3) is 5.91 Å². The third-order valence-electron chi connectivity index (χ3n) is 4.65. The maximum atomic E-state index is 14.2. The van der Waals surface area contributed by atoms with Crippen LogP contribution in [-0.4, -0.2) is 47.0 Å². The molecule has 0 bridgehead atoms. The van der Waals surface area contributed by atoms with E-state index in [1.54, 1.807) is 35.5 Å². The van der Waals surface area contributed by atoms with Crippen LogP contribution in [0.2, 0.25) is 0 Å². The van der Waals surface area contributed by atoms with Crippen molar-refractivity contribution in [1.82, 2.24) is 14.9 Å². The molecule has 0 aliphatic carbocycles. The zero-order valence-corrected chi connectivity index (χ0v) is 13.9. The summed E-state index contributed by atoms with van der Waals surface area (Å²) in [6, 6.07) is 11.8. The van der Waals surface area contributed by atoms with Gasteiger partial charge >= 0.3 is 0 Å². The Bertz CT molecular complexity index is 1010. The zero-order valence-electron chi connectivity index (χ0n) is 13.9. The van der Waals surface area contributed by atoms with E-state index in [0.717, 1.165) is 11.0 Å². The molecule has 130 valence electrons. The summed E-state index contributed by atoms with van der Waals surface area (Å²) in [4.78, 5) is 23.6. The van der Waals surface area contributed by atoms with E-state index in [1.807, 2.05) is 17.0 Å². The fraction of sp³-hybridized carbons (Fsp3) is 0.211. The highest BCUT2D eigenvalue weighted by Gasteiger charge is 2.24. The minimum absolute atomic E-state index is 0.0403. The van der Waals surface area contributed by atoms with Gasteiger partial charge in [0.2, 0.25) is 0 Å². The minimum atomic E-state index is -0.409. The summed E-state index contributed by atoms with van der Waals surface area (Å²) in [6.45, 7) is 2.11. The monoisotopic (exact) mass is 349 g/mol. The number of nitrogens with one attached hydrogen (secondary N) is 1. The standard InChI is InChI=1S/C19H16FN5O/c20-15-9-13(11-21)1-4-18(15)24-5-7-25(8-6-24)19(26)14-2-3-16-17(10-14)23-12-22-16/h1-4,9-10,12H,5-8H2,(H,22,23). The van der Waals surface area contributed by atoms with E-state index >= 15 is 0 Å². The van der Waals surface area contributed by atoms with Crippen molar-refractivity contribution in [2.24, 2.45) is 0 Å². The van der Waals surface area contributed by atoms with Crippen LogP contribution in [0.5, 0.6) is 0 Å². The van der Waals surface area contributed by atoms with Gasteiger partial charge in [-0.15, -0.1) is 0 Å². The molecule has 1 saturated heterocycles. The first-order chi connectivity index (χ1) is 12.7. The van der Waals surface area contributed by atoms with Crippen molar-refractivity contribution in [3.63, 3.8) is 0 Å². The van der Waals surface area contributed by atoms with Crippen molar-refractivity contribution >= 4 is 22.6 Å². The molecule has 1 fully saturated rings. The summed E-state index contributed by atoms with van der Waals surface area (Å²) in [7, 11) is 0. The molecule has 6 nitrogen and oxygen atoms in total. The van der Waals surface area contributed by atoms with Gasteiger partial charge in [0.15, 0.2) is 0 Å². The molecular weight excluding hydrogens is 333 g/mol. The van der Waals surface area contributed by atoms with Crippen molar-refractivity contribution < 1.29 is 9.18 Å². The van der Waals surface area contributed by atoms with Crippen LogP contribution in [0, 0.1) is 17.1 Å². The average Bonchev–Trinajstić information content (AvgIpc) is 3.15. The van der Waals surface area contributed by atoms with Gasteiger partial charge in [-0.1, -0.05) is 0 Å². The largest absolute Gasteiger partial charge is 0.366 e. The van der Waals surface area contributed by atoms with Gasteiger partial charge < -0.3 is 14.8 Å². The predicted molar refractivity (Wildman–Crippen MR) is 95.3 cm³/mol. The number of hydrogen-bond donors (Lipinski definition) is 1. The zero-order chi connectivity index (χ0) is 18.1. The van der Waals surface area contributed by atoms with Crippen LogP contribution in [0.4, 0.5) is 10.1 Å². The number of H-pyrrole nitrogens is 1. The molecule has 1 amide bonds. The highest BCUT2D eigenvalue weighted by atomic mass is 19.1. The third-order valence-corrected chi connectivity index (χ3v) is 4.65. The number of carbonyl (C=O) groups excluding carboxylic acids is 1. The Hall–Kier alpha value is -3.40. The number of anilines is 1. The number of hydrogen-bond acceptors (Lipinski definition) is 4. The molecule has 3 aromatic rings. The molecule has 1 aliphatic rings. The molecule has 7 heteroatoms. The molecule has 26 heavy (non-hydrogen) atoms. The second-order valence-corrected chi connectivity index (χ2v) is 6.19. The molecule has 2 aromatic carbocycles. The first-order valence-corrected chi connectivity index (χ1v) is 8.33. The van der Waals surface area contributed by atoms with Crippen molar-refractivity contribution in [2.45, 2.75) is 0 Å². The molecule has 1 aromatic heterocycles. The van der Waals surface area contributed by atoms with Gasteiger partial charge in [-0.25, -0.2) is 9.37 Å². The topological polar surface area (TPSA) is 76.0 Å². The smallest absolute Gasteiger partial charge is 0.254 e. The first kappa shape index (κ1) is 16.1. The van der Waals surface area contributed by atoms with Crippen molar-refractivity contribution in [3.8, 4) is 6.07 Å². The second-order valence-electron chi connectivity index (χ2n) is 6.19. The van der Waals surface area contributed by atoms with E-state index in [-0.39, 0.29) is 5.91 Å². The summed E-state index contributed by atoms with van der Waals surface area (Å²) < 4.78 is 14.2. The number of halogens is 1. The van der Waals surface area contributed by atoms with Crippen molar-refractivity contribution in [1.29, 1.82) is 5.26 Å². The molecule has 0 saturated carbocycles. The van der Waals surface area contributed by atoms with E-state index in [9.17, 15) is 9.18 Å². The third kappa shape index (κ3) is 2.86. The second kappa shape index (κ2) is 6.48. The Morgan fingerprint density at radius 3 is 2.69 bits per heavy atom. The number of piperazine rings is 1. The summed E-state index contributed by atoms with van der Waals surface area (Å²) in [5.74, 6) is -0.449. The molecule has 1 aliphatic heterocycles. The van der Waals surface area contributed by atoms with Crippen LogP contribution < -0.4 is 4.90 Å². The molecule has 0 atom stereocenters. The number of nitriles is 1. The lowest BCUT2D eigenvalue weighted by molar-refractivity contribution is 0.0747. The van der Waals surface area contributed by atoms with Crippen LogP contribution >= 0.6 is 0 Å². The lowest BCUT2D eigenvalue weighted by atomic mass is 10.1. The highest BCUT2D eigenvalue weighted by molar-refractivity contribution is 5.97. The van der Waals surface area contributed by atoms with Gasteiger partial charge in [0, 0.05) is 31.7 Å². The number of imidazole rings is 1. The molecule has 0 unspecified atom stereocenters. The number of rotatable bonds is 2. The quantitative estimate of drug-likeness (QED) is 0.771. The first-order valence-electron chi connectivity index (χ1n) is 8.33. The number of benzene rings is 2. The summed E-state index contributed by atoms with van der Waals surface area (Å²) in [5, 5.41) is 8.84. The Kier molecular flexibility index (Phi) is 4.01. The Morgan fingerprint density at radius 1 is 1.15 bits per heavy atom. The SMILES string of the molecule is N#Cc1ccc(N2CCN(C(=O)c3ccc4nc[nH]c4c3)CC2)c(F)c1. The maximum Gasteiger partial charge on any atom is 0.254 e. The molecular formula is C19H16FN5O. The van der Waals surface area contributed by atoms with Crippen molar-refractivity contribution in [2.75, 3.05) is 31.1 Å². The molecule has 4 rings (SSSR count). The number of aromatic nitrogens is 2. The predicted octanol–water partition coefficient (Wildman–Crippen LogP) is 2.54. The van der Waals surface area contributed by atoms with Crippen molar-refractivity contribution in [3.05, 3.63) is 59.7 Å². The van der Waals surface area contributed by atoms with Gasteiger partial charge in [-0.05, 0) is 36.4 Å². The van der Waals surface area contributed by atoms with Crippen LogP contribution in [0.1, 0.15) is 15.9 Å². The lowest BCUT2D eigenvalue weighted by Crippen LogP contribution is -2.49. The molecule has 1 N–H and O–H groups in total. The number of carbonyl (C=O) groups is 1. The summed E-state index contributed by atoms with van der Waals surface area (Å²) >= 11 is 0. The van der Waals surface area contributed by atoms with Crippen LogP contribution in [-0.2, 0) is 0 Å². The maximum absolute atomic E-state index is 14.2. The van der Waals surface area contributed by atoms with Gasteiger partial charge in [0.1, 0.15) is 5.82 Å². The van der Waals surface area contributed by atoms with E-state index in [4.69, 9.17) is 5.26 Å². The molecule has 2 heterocycles. The van der Waals surface area contributed by atoms with E-state index < -0.39 is 5.82 Å². The van der Waals surface area contributed by atoms with Crippen LogP contribution in [0.15, 0.2) is 42.7 Å². The fourth-order valence-electron chi connectivity index (χ4n) is 3.23. The van der Waals surface area contributed by atoms with Crippen LogP contribution in [0.25, 0.3) is 11.0 Å². The van der Waals surface area contributed by atoms with Gasteiger partial charge in [-0.2, -0.15) is 5.26 Å².